The molecule has 0 amide bonds. The molecule has 1 aromatic carbocycles. The van der Waals surface area contributed by atoms with Crippen LogP contribution in [0, 0.1) is 17.2 Å². The average molecular weight is 267 g/mol. The van der Waals surface area contributed by atoms with Crippen molar-refractivity contribution in [1.82, 2.24) is 4.98 Å². The van der Waals surface area contributed by atoms with Gasteiger partial charge >= 0.3 is 5.97 Å². The molecule has 0 aliphatic carbocycles. The summed E-state index contributed by atoms with van der Waals surface area (Å²) in [6.07, 6.45) is 2.17. The first-order chi connectivity index (χ1) is 9.70. The lowest BCUT2D eigenvalue weighted by Crippen LogP contribution is -2.23. The van der Waals surface area contributed by atoms with E-state index >= 15 is 0 Å². The molecule has 5 heteroatoms. The monoisotopic (exact) mass is 267 g/mol. The van der Waals surface area contributed by atoms with E-state index in [4.69, 9.17) is 5.11 Å². The van der Waals surface area contributed by atoms with E-state index in [1.54, 1.807) is 6.20 Å². The van der Waals surface area contributed by atoms with E-state index in [0.29, 0.717) is 25.1 Å². The largest absolute Gasteiger partial charge is 0.481 e. The van der Waals surface area contributed by atoms with Gasteiger partial charge in [0.2, 0.25) is 0 Å². The number of carboxylic acids is 1. The van der Waals surface area contributed by atoms with Crippen LogP contribution in [0.2, 0.25) is 0 Å². The number of carboxylic acid groups (broad SMARTS) is 1. The molecule has 1 aliphatic rings. The third kappa shape index (κ3) is 1.95. The minimum absolute atomic E-state index is 0.367. The predicted octanol–water partition coefficient (Wildman–Crippen LogP) is 2.02. The molecular weight excluding hydrogens is 254 g/mol. The topological polar surface area (TPSA) is 77.2 Å². The Morgan fingerprint density at radius 3 is 2.95 bits per heavy atom. The zero-order valence-corrected chi connectivity index (χ0v) is 10.8. The normalized spacial score (nSPS) is 18.1. The number of aliphatic carboxylic acids is 1. The first kappa shape index (κ1) is 12.4. The number of para-hydroxylation sites is 1. The highest BCUT2D eigenvalue weighted by Gasteiger charge is 2.30. The summed E-state index contributed by atoms with van der Waals surface area (Å²) in [5.74, 6) is -1.14. The third-order valence-electron chi connectivity index (χ3n) is 3.72. The molecule has 1 saturated heterocycles. The average Bonchev–Trinajstić information content (AvgIpc) is 2.95. The fourth-order valence-corrected chi connectivity index (χ4v) is 2.71. The van der Waals surface area contributed by atoms with Crippen LogP contribution in [0.15, 0.2) is 30.5 Å². The van der Waals surface area contributed by atoms with Crippen LogP contribution >= 0.6 is 0 Å². The summed E-state index contributed by atoms with van der Waals surface area (Å²) in [6, 6.07) is 9.77. The fourth-order valence-electron chi connectivity index (χ4n) is 2.71. The van der Waals surface area contributed by atoms with Gasteiger partial charge in [0.05, 0.1) is 22.7 Å². The van der Waals surface area contributed by atoms with E-state index < -0.39 is 5.97 Å². The van der Waals surface area contributed by atoms with Crippen molar-refractivity contribution in [3.8, 4) is 6.07 Å². The van der Waals surface area contributed by atoms with E-state index in [2.05, 4.69) is 11.1 Å². The molecule has 3 rings (SSSR count). The van der Waals surface area contributed by atoms with Crippen LogP contribution in [0.25, 0.3) is 10.9 Å². The smallest absolute Gasteiger partial charge is 0.308 e. The van der Waals surface area contributed by atoms with Gasteiger partial charge in [0, 0.05) is 24.7 Å². The van der Waals surface area contributed by atoms with Crippen LogP contribution in [0.1, 0.15) is 12.0 Å². The van der Waals surface area contributed by atoms with Crippen molar-refractivity contribution >= 4 is 22.6 Å². The molecule has 1 aromatic heterocycles. The van der Waals surface area contributed by atoms with Gasteiger partial charge in [0.15, 0.2) is 0 Å². The number of benzene rings is 1. The number of aromatic nitrogens is 1. The Morgan fingerprint density at radius 2 is 2.25 bits per heavy atom. The second kappa shape index (κ2) is 4.82. The summed E-state index contributed by atoms with van der Waals surface area (Å²) in [7, 11) is 0. The van der Waals surface area contributed by atoms with Crippen molar-refractivity contribution in [2.24, 2.45) is 5.92 Å². The molecule has 0 radical (unpaired) electrons. The first-order valence-electron chi connectivity index (χ1n) is 6.46. The number of rotatable bonds is 2. The predicted molar refractivity (Wildman–Crippen MR) is 74.4 cm³/mol. The Labute approximate surface area is 116 Å². The Morgan fingerprint density at radius 1 is 1.45 bits per heavy atom. The molecule has 5 nitrogen and oxygen atoms in total. The summed E-state index contributed by atoms with van der Waals surface area (Å²) < 4.78 is 0. The number of fused-ring (bicyclic) bond motifs is 1. The lowest BCUT2D eigenvalue weighted by Gasteiger charge is -2.21. The minimum Gasteiger partial charge on any atom is -0.481 e. The van der Waals surface area contributed by atoms with Gasteiger partial charge in [-0.15, -0.1) is 0 Å². The highest BCUT2D eigenvalue weighted by molar-refractivity contribution is 5.94. The highest BCUT2D eigenvalue weighted by atomic mass is 16.4. The maximum absolute atomic E-state index is 11.1. The number of nitriles is 1. The van der Waals surface area contributed by atoms with Crippen LogP contribution in [0.3, 0.4) is 0 Å². The van der Waals surface area contributed by atoms with Crippen molar-refractivity contribution in [1.29, 1.82) is 5.26 Å². The molecule has 1 unspecified atom stereocenters. The van der Waals surface area contributed by atoms with Gasteiger partial charge in [-0.25, -0.2) is 0 Å². The quantitative estimate of drug-likeness (QED) is 0.900. The number of carbonyl (C=O) groups is 1. The van der Waals surface area contributed by atoms with Crippen LogP contribution in [-0.4, -0.2) is 29.1 Å². The second-order valence-electron chi connectivity index (χ2n) is 4.92. The molecule has 100 valence electrons. The van der Waals surface area contributed by atoms with Crippen molar-refractivity contribution in [3.05, 3.63) is 36.0 Å². The van der Waals surface area contributed by atoms with E-state index in [9.17, 15) is 10.1 Å². The van der Waals surface area contributed by atoms with Gasteiger partial charge in [0.1, 0.15) is 6.07 Å². The number of anilines is 1. The molecule has 0 spiro atoms. The van der Waals surface area contributed by atoms with E-state index in [-0.39, 0.29) is 5.92 Å². The molecule has 2 aromatic rings. The summed E-state index contributed by atoms with van der Waals surface area (Å²) in [4.78, 5) is 17.4. The molecule has 1 fully saturated rings. The highest BCUT2D eigenvalue weighted by Crippen LogP contribution is 2.33. The van der Waals surface area contributed by atoms with E-state index in [0.717, 1.165) is 16.6 Å². The van der Waals surface area contributed by atoms with Crippen molar-refractivity contribution < 1.29 is 9.90 Å². The molecule has 0 bridgehead atoms. The van der Waals surface area contributed by atoms with Crippen molar-refractivity contribution in [3.63, 3.8) is 0 Å². The van der Waals surface area contributed by atoms with Crippen molar-refractivity contribution in [2.75, 3.05) is 18.0 Å². The first-order valence-corrected chi connectivity index (χ1v) is 6.46. The van der Waals surface area contributed by atoms with Gasteiger partial charge in [-0.05, 0) is 12.5 Å². The SMILES string of the molecule is N#Cc1cnc2ccccc2c1N1CCC(C(=O)O)C1. The van der Waals surface area contributed by atoms with Crippen LogP contribution in [-0.2, 0) is 4.79 Å². The van der Waals surface area contributed by atoms with Crippen LogP contribution in [0.4, 0.5) is 5.69 Å². The van der Waals surface area contributed by atoms with Gasteiger partial charge < -0.3 is 10.0 Å². The maximum atomic E-state index is 11.1. The zero-order valence-electron chi connectivity index (χ0n) is 10.8. The lowest BCUT2D eigenvalue weighted by atomic mass is 10.1. The van der Waals surface area contributed by atoms with Gasteiger partial charge in [-0.1, -0.05) is 18.2 Å². The summed E-state index contributed by atoms with van der Waals surface area (Å²) in [6.45, 7) is 1.09. The number of hydrogen-bond donors (Lipinski definition) is 1. The van der Waals surface area contributed by atoms with Gasteiger partial charge in [-0.3, -0.25) is 9.78 Å². The molecule has 20 heavy (non-hydrogen) atoms. The molecule has 2 heterocycles. The molecule has 0 saturated carbocycles. The summed E-state index contributed by atoms with van der Waals surface area (Å²) in [5, 5.41) is 19.3. The van der Waals surface area contributed by atoms with E-state index in [1.165, 1.54) is 0 Å². The maximum Gasteiger partial charge on any atom is 0.308 e. The van der Waals surface area contributed by atoms with Crippen LogP contribution in [0.5, 0.6) is 0 Å². The molecule has 1 N–H and O–H groups in total. The summed E-state index contributed by atoms with van der Waals surface area (Å²) >= 11 is 0. The lowest BCUT2D eigenvalue weighted by molar-refractivity contribution is -0.140. The standard InChI is InChI=1S/C15H13N3O2/c16-7-11-8-17-13-4-2-1-3-12(13)14(11)18-6-5-10(9-18)15(19)20/h1-4,8,10H,5-6,9H2,(H,19,20). The molecule has 1 atom stereocenters. The van der Waals surface area contributed by atoms with Crippen LogP contribution < -0.4 is 4.90 Å². The number of nitrogens with zero attached hydrogens (tertiary/aromatic N) is 3. The molecule has 1 aliphatic heterocycles. The van der Waals surface area contributed by atoms with Crippen molar-refractivity contribution in [2.45, 2.75) is 6.42 Å². The zero-order chi connectivity index (χ0) is 14.1. The Bertz CT molecular complexity index is 721. The number of pyridine rings is 1. The Hall–Kier alpha value is -2.61. The second-order valence-corrected chi connectivity index (χ2v) is 4.92. The van der Waals surface area contributed by atoms with Gasteiger partial charge in [0.25, 0.3) is 0 Å². The van der Waals surface area contributed by atoms with E-state index in [1.807, 2.05) is 29.2 Å². The molecular formula is C15H13N3O2. The third-order valence-corrected chi connectivity index (χ3v) is 3.72. The Kier molecular flexibility index (Phi) is 2.99. The number of hydrogen-bond acceptors (Lipinski definition) is 4. The van der Waals surface area contributed by atoms with Gasteiger partial charge in [-0.2, -0.15) is 5.26 Å². The Balaban J connectivity index is 2.11. The fraction of sp³-hybridized carbons (Fsp3) is 0.267. The summed E-state index contributed by atoms with van der Waals surface area (Å²) in [5.41, 5.74) is 2.12. The minimum atomic E-state index is -0.774.